The molecule has 0 bridgehead atoms. The van der Waals surface area contributed by atoms with Gasteiger partial charge in [-0.15, -0.1) is 0 Å². The number of halogens is 1. The van der Waals surface area contributed by atoms with Crippen molar-refractivity contribution < 1.29 is 9.47 Å². The molecule has 2 aromatic rings. The second-order valence-electron chi connectivity index (χ2n) is 8.81. The number of methoxy groups -OCH3 is 1. The molecule has 1 aliphatic carbocycles. The molecule has 0 amide bonds. The third-order valence-corrected chi connectivity index (χ3v) is 6.69. The predicted molar refractivity (Wildman–Crippen MR) is 132 cm³/mol. The van der Waals surface area contributed by atoms with E-state index in [1.165, 1.54) is 38.5 Å². The Bertz CT molecular complexity index is 901. The maximum Gasteiger partial charge on any atom is 0.328 e. The SMILES string of the molecule is CCC(Nc1nc(NC2CCCCCC2)nc(Oc2ccc(OC)c(Cl)c2)n1)N1CCCC1. The second kappa shape index (κ2) is 11.7. The third-order valence-electron chi connectivity index (χ3n) is 6.40. The highest BCUT2D eigenvalue weighted by atomic mass is 35.5. The Morgan fingerprint density at radius 3 is 2.42 bits per heavy atom. The number of anilines is 2. The third kappa shape index (κ3) is 6.60. The van der Waals surface area contributed by atoms with Crippen molar-refractivity contribution in [1.29, 1.82) is 0 Å². The van der Waals surface area contributed by atoms with E-state index in [9.17, 15) is 0 Å². The van der Waals surface area contributed by atoms with Crippen LogP contribution >= 0.6 is 11.6 Å². The van der Waals surface area contributed by atoms with Gasteiger partial charge >= 0.3 is 6.01 Å². The first kappa shape index (κ1) is 23.8. The van der Waals surface area contributed by atoms with Gasteiger partial charge in [0, 0.05) is 25.2 Å². The summed E-state index contributed by atoms with van der Waals surface area (Å²) in [5.74, 6) is 2.21. The van der Waals surface area contributed by atoms with Gasteiger partial charge in [-0.25, -0.2) is 0 Å². The van der Waals surface area contributed by atoms with Gasteiger partial charge in [0.05, 0.1) is 18.3 Å². The van der Waals surface area contributed by atoms with Crippen LogP contribution in [0.4, 0.5) is 11.9 Å². The van der Waals surface area contributed by atoms with Crippen molar-refractivity contribution in [3.05, 3.63) is 23.2 Å². The molecule has 0 spiro atoms. The zero-order valence-electron chi connectivity index (χ0n) is 19.6. The van der Waals surface area contributed by atoms with Crippen molar-refractivity contribution >= 4 is 23.5 Å². The predicted octanol–water partition coefficient (Wildman–Crippen LogP) is 5.70. The lowest BCUT2D eigenvalue weighted by Gasteiger charge is -2.27. The molecule has 2 fully saturated rings. The van der Waals surface area contributed by atoms with Gasteiger partial charge in [0.1, 0.15) is 11.5 Å². The number of rotatable bonds is 9. The Hall–Kier alpha value is -2.32. The summed E-state index contributed by atoms with van der Waals surface area (Å²) < 4.78 is 11.2. The van der Waals surface area contributed by atoms with Gasteiger partial charge in [-0.05, 0) is 44.2 Å². The summed E-state index contributed by atoms with van der Waals surface area (Å²) in [5, 5.41) is 7.52. The van der Waals surface area contributed by atoms with Gasteiger partial charge < -0.3 is 20.1 Å². The Morgan fingerprint density at radius 1 is 1.03 bits per heavy atom. The molecule has 1 aromatic carbocycles. The van der Waals surface area contributed by atoms with Gasteiger partial charge in [-0.1, -0.05) is 44.2 Å². The summed E-state index contributed by atoms with van der Waals surface area (Å²) in [5.41, 5.74) is 0. The standard InChI is InChI=1S/C24H35ClN6O2/c1-3-21(31-14-8-9-15-31)27-23-28-22(26-17-10-6-4-5-7-11-17)29-24(30-23)33-18-12-13-20(32-2)19(25)16-18/h12-13,16-17,21H,3-11,14-15H2,1-2H3,(H2,26,27,28,29,30). The Labute approximate surface area is 201 Å². The van der Waals surface area contributed by atoms with Gasteiger partial charge in [0.2, 0.25) is 11.9 Å². The van der Waals surface area contributed by atoms with Crippen LogP contribution in [0.3, 0.4) is 0 Å². The van der Waals surface area contributed by atoms with Crippen molar-refractivity contribution in [3.8, 4) is 17.5 Å². The molecule has 33 heavy (non-hydrogen) atoms. The topological polar surface area (TPSA) is 84.4 Å². The minimum absolute atomic E-state index is 0.184. The van der Waals surface area contributed by atoms with Crippen LogP contribution < -0.4 is 20.1 Å². The highest BCUT2D eigenvalue weighted by Crippen LogP contribution is 2.31. The lowest BCUT2D eigenvalue weighted by atomic mass is 10.1. The van der Waals surface area contributed by atoms with Crippen molar-refractivity contribution in [2.45, 2.75) is 76.9 Å². The monoisotopic (exact) mass is 474 g/mol. The number of ether oxygens (including phenoxy) is 2. The van der Waals surface area contributed by atoms with Gasteiger partial charge in [-0.3, -0.25) is 4.90 Å². The van der Waals surface area contributed by atoms with Gasteiger partial charge in [-0.2, -0.15) is 15.0 Å². The second-order valence-corrected chi connectivity index (χ2v) is 9.22. The van der Waals surface area contributed by atoms with E-state index in [4.69, 9.17) is 26.1 Å². The maximum atomic E-state index is 6.27. The van der Waals surface area contributed by atoms with Crippen molar-refractivity contribution in [2.24, 2.45) is 0 Å². The van der Waals surface area contributed by atoms with Crippen molar-refractivity contribution in [3.63, 3.8) is 0 Å². The Balaban J connectivity index is 1.56. The summed E-state index contributed by atoms with van der Waals surface area (Å²) in [6.07, 6.45) is 10.9. The number of nitrogens with zero attached hydrogens (tertiary/aromatic N) is 4. The van der Waals surface area contributed by atoms with Crippen LogP contribution in [0.1, 0.15) is 64.7 Å². The molecular weight excluding hydrogens is 440 g/mol. The molecule has 1 aromatic heterocycles. The van der Waals surface area contributed by atoms with Crippen molar-refractivity contribution in [1.82, 2.24) is 19.9 Å². The Morgan fingerprint density at radius 2 is 1.76 bits per heavy atom. The molecule has 9 heteroatoms. The van der Waals surface area contributed by atoms with E-state index in [1.54, 1.807) is 25.3 Å². The fourth-order valence-electron chi connectivity index (χ4n) is 4.61. The van der Waals surface area contributed by atoms with Crippen LogP contribution in [0.2, 0.25) is 5.02 Å². The smallest absolute Gasteiger partial charge is 0.328 e. The fraction of sp³-hybridized carbons (Fsp3) is 0.625. The zero-order chi connectivity index (χ0) is 23.0. The highest BCUT2D eigenvalue weighted by molar-refractivity contribution is 6.32. The maximum absolute atomic E-state index is 6.27. The summed E-state index contributed by atoms with van der Waals surface area (Å²) in [7, 11) is 1.58. The lowest BCUT2D eigenvalue weighted by molar-refractivity contribution is 0.259. The molecule has 0 radical (unpaired) electrons. The normalized spacial score (nSPS) is 18.5. The summed E-state index contributed by atoms with van der Waals surface area (Å²) in [6, 6.07) is 5.87. The van der Waals surface area contributed by atoms with Crippen molar-refractivity contribution in [2.75, 3.05) is 30.8 Å². The molecular formula is C24H35ClN6O2. The van der Waals surface area contributed by atoms with E-state index in [-0.39, 0.29) is 12.2 Å². The molecule has 2 aliphatic rings. The van der Waals surface area contributed by atoms with Gasteiger partial charge in [0.25, 0.3) is 0 Å². The van der Waals surface area contributed by atoms with E-state index in [0.717, 1.165) is 32.4 Å². The molecule has 8 nitrogen and oxygen atoms in total. The van der Waals surface area contributed by atoms with Gasteiger partial charge in [0.15, 0.2) is 0 Å². The zero-order valence-corrected chi connectivity index (χ0v) is 20.4. The number of benzene rings is 1. The molecule has 180 valence electrons. The molecule has 1 saturated carbocycles. The number of hydrogen-bond donors (Lipinski definition) is 2. The van der Waals surface area contributed by atoms with E-state index in [2.05, 4.69) is 32.4 Å². The summed E-state index contributed by atoms with van der Waals surface area (Å²) >= 11 is 6.27. The number of likely N-dealkylation sites (tertiary alicyclic amines) is 1. The van der Waals surface area contributed by atoms with Crippen LogP contribution in [0.25, 0.3) is 0 Å². The van der Waals surface area contributed by atoms with Crippen LogP contribution in [-0.2, 0) is 0 Å². The first-order chi connectivity index (χ1) is 16.1. The highest BCUT2D eigenvalue weighted by Gasteiger charge is 2.22. The first-order valence-corrected chi connectivity index (χ1v) is 12.6. The van der Waals surface area contributed by atoms with Crippen LogP contribution in [0.15, 0.2) is 18.2 Å². The number of aromatic nitrogens is 3. The molecule has 2 N–H and O–H groups in total. The van der Waals surface area contributed by atoms with E-state index in [0.29, 0.717) is 34.5 Å². The summed E-state index contributed by atoms with van der Waals surface area (Å²) in [6.45, 7) is 4.37. The Kier molecular flexibility index (Phi) is 8.45. The minimum atomic E-state index is 0.184. The van der Waals surface area contributed by atoms with Crippen LogP contribution in [0.5, 0.6) is 17.5 Å². The van der Waals surface area contributed by atoms with E-state index < -0.39 is 0 Å². The number of nitrogens with one attached hydrogen (secondary N) is 2. The molecule has 1 atom stereocenters. The number of hydrogen-bond acceptors (Lipinski definition) is 8. The lowest BCUT2D eigenvalue weighted by Crippen LogP contribution is -2.39. The summed E-state index contributed by atoms with van der Waals surface area (Å²) in [4.78, 5) is 16.3. The minimum Gasteiger partial charge on any atom is -0.495 e. The average Bonchev–Trinajstić information content (AvgIpc) is 3.22. The van der Waals surface area contributed by atoms with E-state index >= 15 is 0 Å². The largest absolute Gasteiger partial charge is 0.495 e. The fourth-order valence-corrected chi connectivity index (χ4v) is 4.86. The average molecular weight is 475 g/mol. The van der Waals surface area contributed by atoms with E-state index in [1.807, 2.05) is 0 Å². The van der Waals surface area contributed by atoms with Crippen LogP contribution in [0, 0.1) is 0 Å². The quantitative estimate of drug-likeness (QED) is 0.447. The first-order valence-electron chi connectivity index (χ1n) is 12.2. The molecule has 1 aliphatic heterocycles. The molecule has 2 heterocycles. The molecule has 4 rings (SSSR count). The molecule has 1 saturated heterocycles. The van der Waals surface area contributed by atoms with Crippen LogP contribution in [-0.4, -0.2) is 52.3 Å². The molecule has 1 unspecified atom stereocenters.